The highest BCUT2D eigenvalue weighted by Gasteiger charge is 2.13. The fourth-order valence-electron chi connectivity index (χ4n) is 2.62. The molecule has 0 saturated carbocycles. The minimum absolute atomic E-state index is 0.132. The van der Waals surface area contributed by atoms with Crippen LogP contribution < -0.4 is 5.56 Å². The summed E-state index contributed by atoms with van der Waals surface area (Å²) in [4.78, 5) is 12.7. The third-order valence-corrected chi connectivity index (χ3v) is 3.70. The first-order chi connectivity index (χ1) is 10.8. The van der Waals surface area contributed by atoms with Crippen molar-refractivity contribution in [3.63, 3.8) is 0 Å². The Hall–Kier alpha value is -3.02. The number of hydrogen-bond acceptors (Lipinski definition) is 3. The number of fused-ring (bicyclic) bond motifs is 3. The van der Waals surface area contributed by atoms with Crippen molar-refractivity contribution in [2.75, 3.05) is 0 Å². The second-order valence-electron chi connectivity index (χ2n) is 5.00. The Morgan fingerprint density at radius 2 is 1.82 bits per heavy atom. The van der Waals surface area contributed by atoms with Gasteiger partial charge in [-0.2, -0.15) is 4.52 Å². The van der Waals surface area contributed by atoms with E-state index >= 15 is 0 Å². The molecule has 22 heavy (non-hydrogen) atoms. The third kappa shape index (κ3) is 1.81. The van der Waals surface area contributed by atoms with Crippen LogP contribution in [0.25, 0.3) is 16.6 Å². The van der Waals surface area contributed by atoms with Gasteiger partial charge in [-0.05, 0) is 18.2 Å². The summed E-state index contributed by atoms with van der Waals surface area (Å²) in [5.41, 5.74) is 1.48. The maximum Gasteiger partial charge on any atom is 0.261 e. The lowest BCUT2D eigenvalue weighted by molar-refractivity contribution is 0.598. The standard InChI is InChI=1S/C16H11FN4O/c17-13-7-3-1-5-11(13)10-20-15-9-18-19-21(15)14-8-4-2-6-12(14)16(20)22/h1-9H,10H2. The molecule has 2 aromatic heterocycles. The average Bonchev–Trinajstić information content (AvgIpc) is 3.03. The molecule has 2 heterocycles. The topological polar surface area (TPSA) is 52.2 Å². The zero-order valence-corrected chi connectivity index (χ0v) is 11.5. The lowest BCUT2D eigenvalue weighted by Crippen LogP contribution is -2.23. The Bertz CT molecular complexity index is 1050. The lowest BCUT2D eigenvalue weighted by Gasteiger charge is -2.10. The van der Waals surface area contributed by atoms with Gasteiger partial charge in [-0.1, -0.05) is 35.5 Å². The average molecular weight is 294 g/mol. The number of halogens is 1. The predicted molar refractivity (Wildman–Crippen MR) is 80.3 cm³/mol. The van der Waals surface area contributed by atoms with Crippen molar-refractivity contribution in [2.24, 2.45) is 0 Å². The van der Waals surface area contributed by atoms with Crippen LogP contribution >= 0.6 is 0 Å². The number of rotatable bonds is 2. The van der Waals surface area contributed by atoms with Gasteiger partial charge in [0.25, 0.3) is 5.56 Å². The quantitative estimate of drug-likeness (QED) is 0.569. The van der Waals surface area contributed by atoms with E-state index in [1.165, 1.54) is 16.8 Å². The van der Waals surface area contributed by atoms with E-state index in [2.05, 4.69) is 10.3 Å². The number of benzene rings is 2. The van der Waals surface area contributed by atoms with E-state index in [1.807, 2.05) is 12.1 Å². The molecule has 0 aliphatic carbocycles. The van der Waals surface area contributed by atoms with Gasteiger partial charge in [0.1, 0.15) is 5.82 Å². The van der Waals surface area contributed by atoms with Crippen molar-refractivity contribution in [1.82, 2.24) is 19.4 Å². The van der Waals surface area contributed by atoms with Gasteiger partial charge in [0.05, 0.1) is 23.6 Å². The molecule has 0 amide bonds. The molecule has 0 N–H and O–H groups in total. The van der Waals surface area contributed by atoms with Crippen LogP contribution in [-0.4, -0.2) is 19.4 Å². The maximum absolute atomic E-state index is 13.9. The summed E-state index contributed by atoms with van der Waals surface area (Å²) in [5, 5.41) is 8.43. The molecule has 4 aromatic rings. The van der Waals surface area contributed by atoms with Crippen LogP contribution in [0.1, 0.15) is 5.56 Å². The van der Waals surface area contributed by atoms with E-state index in [0.29, 0.717) is 22.1 Å². The van der Waals surface area contributed by atoms with Crippen LogP contribution in [0.3, 0.4) is 0 Å². The molecule has 4 rings (SSSR count). The van der Waals surface area contributed by atoms with E-state index < -0.39 is 0 Å². The summed E-state index contributed by atoms with van der Waals surface area (Å²) in [7, 11) is 0. The van der Waals surface area contributed by atoms with E-state index in [4.69, 9.17) is 0 Å². The first-order valence-electron chi connectivity index (χ1n) is 6.81. The van der Waals surface area contributed by atoms with Gasteiger partial charge in [-0.3, -0.25) is 9.36 Å². The molecule has 108 valence electrons. The Kier molecular flexibility index (Phi) is 2.75. The van der Waals surface area contributed by atoms with Gasteiger partial charge in [0, 0.05) is 5.56 Å². The van der Waals surface area contributed by atoms with Gasteiger partial charge in [-0.25, -0.2) is 4.39 Å². The second-order valence-corrected chi connectivity index (χ2v) is 5.00. The van der Waals surface area contributed by atoms with Crippen molar-refractivity contribution in [1.29, 1.82) is 0 Å². The molecule has 0 bridgehead atoms. The Morgan fingerprint density at radius 1 is 1.05 bits per heavy atom. The van der Waals surface area contributed by atoms with Crippen LogP contribution in [0.4, 0.5) is 4.39 Å². The predicted octanol–water partition coefficient (Wildman–Crippen LogP) is 2.23. The smallest absolute Gasteiger partial charge is 0.261 e. The van der Waals surface area contributed by atoms with Gasteiger partial charge < -0.3 is 0 Å². The monoisotopic (exact) mass is 294 g/mol. The van der Waals surface area contributed by atoms with Crippen LogP contribution in [0.5, 0.6) is 0 Å². The zero-order chi connectivity index (χ0) is 15.1. The number of hydrogen-bond donors (Lipinski definition) is 0. The van der Waals surface area contributed by atoms with Crippen molar-refractivity contribution in [2.45, 2.75) is 6.54 Å². The molecule has 0 saturated heterocycles. The van der Waals surface area contributed by atoms with Crippen molar-refractivity contribution in [3.05, 3.63) is 76.5 Å². The molecular formula is C16H11FN4O. The molecule has 0 atom stereocenters. The summed E-state index contributed by atoms with van der Waals surface area (Å²) >= 11 is 0. The Labute approximate surface area is 124 Å². The first kappa shape index (κ1) is 12.7. The van der Waals surface area contributed by atoms with Gasteiger partial charge in [0.15, 0.2) is 5.65 Å². The van der Waals surface area contributed by atoms with Crippen molar-refractivity contribution < 1.29 is 4.39 Å². The van der Waals surface area contributed by atoms with Crippen LogP contribution in [0.2, 0.25) is 0 Å². The minimum atomic E-state index is -0.340. The minimum Gasteiger partial charge on any atom is -0.287 e. The zero-order valence-electron chi connectivity index (χ0n) is 11.5. The van der Waals surface area contributed by atoms with Crippen molar-refractivity contribution >= 4 is 16.6 Å². The van der Waals surface area contributed by atoms with Gasteiger partial charge >= 0.3 is 0 Å². The lowest BCUT2D eigenvalue weighted by atomic mass is 10.2. The molecule has 0 fully saturated rings. The fourth-order valence-corrected chi connectivity index (χ4v) is 2.62. The molecule has 0 radical (unpaired) electrons. The molecule has 5 nitrogen and oxygen atoms in total. The third-order valence-electron chi connectivity index (χ3n) is 3.70. The summed E-state index contributed by atoms with van der Waals surface area (Å²) < 4.78 is 17.0. The summed E-state index contributed by atoms with van der Waals surface area (Å²) in [6.45, 7) is 0.132. The first-order valence-corrected chi connectivity index (χ1v) is 6.81. The summed E-state index contributed by atoms with van der Waals surface area (Å²) in [5.74, 6) is -0.340. The van der Waals surface area contributed by atoms with E-state index in [-0.39, 0.29) is 17.9 Å². The van der Waals surface area contributed by atoms with Crippen LogP contribution in [0, 0.1) is 5.82 Å². The molecule has 6 heteroatoms. The highest BCUT2D eigenvalue weighted by Crippen LogP contribution is 2.14. The molecular weight excluding hydrogens is 283 g/mol. The molecule has 0 unspecified atom stereocenters. The number of para-hydroxylation sites is 1. The van der Waals surface area contributed by atoms with Crippen LogP contribution in [0.15, 0.2) is 59.5 Å². The van der Waals surface area contributed by atoms with E-state index in [1.54, 1.807) is 34.8 Å². The molecule has 0 aliphatic heterocycles. The largest absolute Gasteiger partial charge is 0.287 e. The number of aromatic nitrogens is 4. The van der Waals surface area contributed by atoms with E-state index in [9.17, 15) is 9.18 Å². The van der Waals surface area contributed by atoms with Crippen LogP contribution in [-0.2, 0) is 6.54 Å². The number of nitrogens with zero attached hydrogens (tertiary/aromatic N) is 4. The molecule has 2 aromatic carbocycles. The fraction of sp³-hybridized carbons (Fsp3) is 0.0625. The van der Waals surface area contributed by atoms with Crippen molar-refractivity contribution in [3.8, 4) is 0 Å². The highest BCUT2D eigenvalue weighted by molar-refractivity contribution is 5.80. The van der Waals surface area contributed by atoms with Gasteiger partial charge in [0.2, 0.25) is 0 Å². The summed E-state index contributed by atoms with van der Waals surface area (Å²) in [6.07, 6.45) is 1.51. The SMILES string of the molecule is O=c1c2ccccc2n2nncc2n1Cc1ccccc1F. The van der Waals surface area contributed by atoms with Gasteiger partial charge in [-0.15, -0.1) is 5.10 Å². The second kappa shape index (κ2) is 4.77. The maximum atomic E-state index is 13.9. The van der Waals surface area contributed by atoms with E-state index in [0.717, 1.165) is 0 Å². The Morgan fingerprint density at radius 3 is 2.68 bits per heavy atom. The highest BCUT2D eigenvalue weighted by atomic mass is 19.1. The molecule has 0 aliphatic rings. The normalized spacial score (nSPS) is 11.3. The molecule has 0 spiro atoms. The summed E-state index contributed by atoms with van der Waals surface area (Å²) in [6, 6.07) is 13.6. The Balaban J connectivity index is 2.04.